The van der Waals surface area contributed by atoms with E-state index < -0.39 is 0 Å². The van der Waals surface area contributed by atoms with Gasteiger partial charge in [-0.15, -0.1) is 0 Å². The molecule has 3 nitrogen and oxygen atoms in total. The summed E-state index contributed by atoms with van der Waals surface area (Å²) in [5.41, 5.74) is 3.26. The molecule has 3 aromatic rings. The van der Waals surface area contributed by atoms with Crippen LogP contribution in [0.15, 0.2) is 79.1 Å². The Bertz CT molecular complexity index is 777. The summed E-state index contributed by atoms with van der Waals surface area (Å²) < 4.78 is 7.34. The van der Waals surface area contributed by atoms with E-state index in [4.69, 9.17) is 4.74 Å². The van der Waals surface area contributed by atoms with Crippen molar-refractivity contribution in [3.63, 3.8) is 0 Å². The van der Waals surface area contributed by atoms with Crippen LogP contribution >= 0.6 is 0 Å². The van der Waals surface area contributed by atoms with Crippen LogP contribution in [0.5, 0.6) is 5.75 Å². The molecule has 2 aromatic carbocycles. The van der Waals surface area contributed by atoms with Gasteiger partial charge in [0, 0.05) is 17.2 Å². The number of benzene rings is 2. The first-order valence-electron chi connectivity index (χ1n) is 7.63. The van der Waals surface area contributed by atoms with Crippen LogP contribution in [0.1, 0.15) is 11.6 Å². The van der Waals surface area contributed by atoms with E-state index in [2.05, 4.69) is 18.3 Å². The number of hydrogen-bond donors (Lipinski definition) is 1. The Hall–Kier alpha value is -2.36. The van der Waals surface area contributed by atoms with E-state index in [1.165, 1.54) is 0 Å². The standard InChI is InChI=1S/C20H20NO2.ClH/c1-23-19-11-5-9-17(13-19)18-10-6-12-21(14-18)20(15-22)16-7-3-2-4-8-16;/h2-14,20,22H,15H2,1H3;1H/q+1;/p-1/t20-;/m0./s1. The lowest BCUT2D eigenvalue weighted by molar-refractivity contribution is -0.714. The monoisotopic (exact) mass is 341 g/mol. The average Bonchev–Trinajstić information content (AvgIpc) is 2.64. The average molecular weight is 342 g/mol. The smallest absolute Gasteiger partial charge is 0.206 e. The molecule has 1 heterocycles. The second kappa shape index (κ2) is 8.48. The first-order valence-corrected chi connectivity index (χ1v) is 7.63. The van der Waals surface area contributed by atoms with Crippen molar-refractivity contribution in [3.8, 4) is 16.9 Å². The fourth-order valence-corrected chi connectivity index (χ4v) is 2.71. The number of aromatic nitrogens is 1. The van der Waals surface area contributed by atoms with Crippen molar-refractivity contribution in [3.05, 3.63) is 84.7 Å². The third kappa shape index (κ3) is 3.94. The summed E-state index contributed by atoms with van der Waals surface area (Å²) >= 11 is 0. The SMILES string of the molecule is COc1cccc(-c2ccc[n+]([C@@H](CO)c3ccccc3)c2)c1.[Cl-]. The van der Waals surface area contributed by atoms with Gasteiger partial charge in [-0.05, 0) is 23.8 Å². The van der Waals surface area contributed by atoms with Gasteiger partial charge in [-0.1, -0.05) is 42.5 Å². The molecule has 24 heavy (non-hydrogen) atoms. The molecular formula is C20H20ClNO2. The van der Waals surface area contributed by atoms with Gasteiger partial charge in [0.05, 0.1) is 7.11 Å². The summed E-state index contributed by atoms with van der Waals surface area (Å²) in [5.74, 6) is 0.833. The molecule has 0 saturated heterocycles. The lowest BCUT2D eigenvalue weighted by Gasteiger charge is -2.11. The minimum Gasteiger partial charge on any atom is -1.00 e. The van der Waals surface area contributed by atoms with Crippen LogP contribution in [0.25, 0.3) is 11.1 Å². The van der Waals surface area contributed by atoms with Gasteiger partial charge >= 0.3 is 0 Å². The largest absolute Gasteiger partial charge is 1.00 e. The number of halogens is 1. The molecule has 0 aliphatic carbocycles. The third-order valence-electron chi connectivity index (χ3n) is 3.94. The van der Waals surface area contributed by atoms with E-state index in [0.29, 0.717) is 0 Å². The van der Waals surface area contributed by atoms with Crippen molar-refractivity contribution in [2.45, 2.75) is 6.04 Å². The third-order valence-corrected chi connectivity index (χ3v) is 3.94. The van der Waals surface area contributed by atoms with Crippen LogP contribution in [0.3, 0.4) is 0 Å². The van der Waals surface area contributed by atoms with Gasteiger partial charge in [-0.25, -0.2) is 0 Å². The number of hydrogen-bond acceptors (Lipinski definition) is 2. The van der Waals surface area contributed by atoms with Crippen LogP contribution in [0, 0.1) is 0 Å². The zero-order valence-corrected chi connectivity index (χ0v) is 14.2. The van der Waals surface area contributed by atoms with Gasteiger partial charge < -0.3 is 22.3 Å². The normalized spacial score (nSPS) is 11.4. The van der Waals surface area contributed by atoms with Crippen molar-refractivity contribution >= 4 is 0 Å². The maximum absolute atomic E-state index is 9.84. The number of ether oxygens (including phenoxy) is 1. The summed E-state index contributed by atoms with van der Waals surface area (Å²) in [5, 5.41) is 9.84. The van der Waals surface area contributed by atoms with E-state index in [-0.39, 0.29) is 25.1 Å². The zero-order valence-electron chi connectivity index (χ0n) is 13.5. The predicted octanol–water partition coefficient (Wildman–Crippen LogP) is 0.235. The second-order valence-electron chi connectivity index (χ2n) is 5.38. The van der Waals surface area contributed by atoms with Gasteiger partial charge in [-0.2, -0.15) is 4.57 Å². The van der Waals surface area contributed by atoms with Crippen molar-refractivity contribution < 1.29 is 26.8 Å². The minimum atomic E-state index is -0.0956. The van der Waals surface area contributed by atoms with Gasteiger partial charge in [0.1, 0.15) is 12.4 Å². The molecule has 0 fully saturated rings. The highest BCUT2D eigenvalue weighted by Gasteiger charge is 2.20. The Morgan fingerprint density at radius 3 is 2.42 bits per heavy atom. The lowest BCUT2D eigenvalue weighted by Crippen LogP contribution is -3.00. The molecule has 1 N–H and O–H groups in total. The van der Waals surface area contributed by atoms with E-state index >= 15 is 0 Å². The number of aliphatic hydroxyl groups is 1. The van der Waals surface area contributed by atoms with Crippen LogP contribution in [0.2, 0.25) is 0 Å². The molecule has 0 bridgehead atoms. The first kappa shape index (κ1) is 18.0. The fourth-order valence-electron chi connectivity index (χ4n) is 2.71. The van der Waals surface area contributed by atoms with Crippen molar-refractivity contribution in [2.75, 3.05) is 13.7 Å². The minimum absolute atomic E-state index is 0. The van der Waals surface area contributed by atoms with Gasteiger partial charge in [-0.3, -0.25) is 0 Å². The molecule has 0 aliphatic heterocycles. The highest BCUT2D eigenvalue weighted by atomic mass is 35.5. The highest BCUT2D eigenvalue weighted by Crippen LogP contribution is 2.23. The summed E-state index contributed by atoms with van der Waals surface area (Å²) in [6.07, 6.45) is 4.04. The Kier molecular flexibility index (Phi) is 6.36. The molecule has 124 valence electrons. The summed E-state index contributed by atoms with van der Waals surface area (Å²) in [4.78, 5) is 0. The number of nitrogens with zero attached hydrogens (tertiary/aromatic N) is 1. The van der Waals surface area contributed by atoms with Crippen molar-refractivity contribution in [2.24, 2.45) is 0 Å². The van der Waals surface area contributed by atoms with Gasteiger partial charge in [0.15, 0.2) is 12.4 Å². The highest BCUT2D eigenvalue weighted by molar-refractivity contribution is 5.63. The van der Waals surface area contributed by atoms with E-state index in [0.717, 1.165) is 22.4 Å². The van der Waals surface area contributed by atoms with E-state index in [1.807, 2.05) is 65.4 Å². The molecule has 1 aromatic heterocycles. The second-order valence-corrected chi connectivity index (χ2v) is 5.38. The van der Waals surface area contributed by atoms with Crippen LogP contribution in [-0.4, -0.2) is 18.8 Å². The Balaban J connectivity index is 0.00000208. The molecule has 3 rings (SSSR count). The summed E-state index contributed by atoms with van der Waals surface area (Å²) in [7, 11) is 1.67. The molecule has 0 saturated carbocycles. The Labute approximate surface area is 148 Å². The van der Waals surface area contributed by atoms with Crippen LogP contribution in [0.4, 0.5) is 0 Å². The number of aliphatic hydroxyl groups excluding tert-OH is 1. The lowest BCUT2D eigenvalue weighted by atomic mass is 10.1. The molecule has 4 heteroatoms. The molecular weight excluding hydrogens is 322 g/mol. The summed E-state index contributed by atoms with van der Waals surface area (Å²) in [6.45, 7) is 0.0518. The van der Waals surface area contributed by atoms with E-state index in [9.17, 15) is 5.11 Å². The first-order chi connectivity index (χ1) is 11.3. The summed E-state index contributed by atoms with van der Waals surface area (Å²) in [6, 6.07) is 22.0. The Morgan fingerprint density at radius 1 is 0.958 bits per heavy atom. The number of methoxy groups -OCH3 is 1. The van der Waals surface area contributed by atoms with Crippen LogP contribution < -0.4 is 21.7 Å². The zero-order chi connectivity index (χ0) is 16.1. The van der Waals surface area contributed by atoms with E-state index in [1.54, 1.807) is 7.11 Å². The van der Waals surface area contributed by atoms with Crippen LogP contribution in [-0.2, 0) is 0 Å². The quantitative estimate of drug-likeness (QED) is 0.674. The number of rotatable bonds is 5. The molecule has 0 unspecified atom stereocenters. The molecule has 1 atom stereocenters. The molecule has 0 radical (unpaired) electrons. The van der Waals surface area contributed by atoms with Crippen molar-refractivity contribution in [1.29, 1.82) is 0 Å². The topological polar surface area (TPSA) is 33.3 Å². The van der Waals surface area contributed by atoms with Gasteiger partial charge in [0.2, 0.25) is 6.04 Å². The number of pyridine rings is 1. The maximum Gasteiger partial charge on any atom is 0.206 e. The molecule has 0 amide bonds. The molecule has 0 aliphatic rings. The maximum atomic E-state index is 9.84. The van der Waals surface area contributed by atoms with Crippen molar-refractivity contribution in [1.82, 2.24) is 0 Å². The fraction of sp³-hybridized carbons (Fsp3) is 0.150. The Morgan fingerprint density at radius 2 is 1.71 bits per heavy atom. The predicted molar refractivity (Wildman–Crippen MR) is 90.3 cm³/mol. The molecule has 0 spiro atoms. The van der Waals surface area contributed by atoms with Gasteiger partial charge in [0.25, 0.3) is 0 Å².